The second-order valence-electron chi connectivity index (χ2n) is 9.02. The Hall–Kier alpha value is -0.980. The third kappa shape index (κ3) is 4.22. The van der Waals surface area contributed by atoms with Gasteiger partial charge in [-0.2, -0.15) is 0 Å². The smallest absolute Gasteiger partial charge is 0.222 e. The van der Waals surface area contributed by atoms with E-state index in [0.717, 1.165) is 37.3 Å². The van der Waals surface area contributed by atoms with Crippen molar-refractivity contribution in [3.05, 3.63) is 10.9 Å². The van der Waals surface area contributed by atoms with Gasteiger partial charge in [-0.25, -0.2) is 0 Å². The molecule has 1 saturated heterocycles. The topological polar surface area (TPSA) is 99.4 Å². The number of hydrogen-bond donors (Lipinski definition) is 5. The largest absolute Gasteiger partial charge is 0.392 e. The average Bonchev–Trinajstić information content (AvgIpc) is 3.04. The van der Waals surface area contributed by atoms with Gasteiger partial charge < -0.3 is 26.8 Å². The summed E-state index contributed by atoms with van der Waals surface area (Å²) in [6, 6.07) is 0.130. The Labute approximate surface area is 166 Å². The van der Waals surface area contributed by atoms with Gasteiger partial charge in [0.1, 0.15) is 11.3 Å². The number of amides is 1. The summed E-state index contributed by atoms with van der Waals surface area (Å²) in [6.45, 7) is 0. The fourth-order valence-electron chi connectivity index (χ4n) is 5.62. The predicted molar refractivity (Wildman–Crippen MR) is 105 cm³/mol. The molecule has 0 bridgehead atoms. The lowest BCUT2D eigenvalue weighted by Crippen LogP contribution is -2.54. The van der Waals surface area contributed by atoms with Gasteiger partial charge in [-0.05, 0) is 31.6 Å². The van der Waals surface area contributed by atoms with Crippen LogP contribution < -0.4 is 21.7 Å². The Morgan fingerprint density at radius 3 is 2.67 bits per heavy atom. The molecule has 1 amide bonds. The van der Waals surface area contributed by atoms with E-state index in [2.05, 4.69) is 16.0 Å². The molecule has 6 atom stereocenters. The number of nitrogens with one attached hydrogen (secondary N) is 3. The van der Waals surface area contributed by atoms with Crippen molar-refractivity contribution in [1.29, 1.82) is 0 Å². The zero-order valence-electron chi connectivity index (χ0n) is 15.9. The molecule has 4 aliphatic rings. The highest BCUT2D eigenvalue weighted by Crippen LogP contribution is 2.39. The number of aliphatic hydroxyl groups is 1. The first kappa shape index (κ1) is 19.3. The standard InChI is InChI=1S/C20H33ClN4O2/c21-19-18(12-6-7-15-13(9-12)16(26)10-17(27)23-15)24-20(25-19)14(22)8-11-4-2-1-3-5-11/h11-16,20,24-26H,1-10,22H2,(H,23,27)/t12?,13?,14-,15?,16?,20?/m0/s1. The number of halogens is 1. The molecule has 7 heteroatoms. The molecular weight excluding hydrogens is 364 g/mol. The quantitative estimate of drug-likeness (QED) is 0.467. The molecule has 2 aliphatic carbocycles. The molecule has 2 saturated carbocycles. The first-order chi connectivity index (χ1) is 13.0. The minimum Gasteiger partial charge on any atom is -0.392 e. The number of nitrogens with two attached hydrogens (primary N) is 1. The minimum absolute atomic E-state index is 0.0110. The van der Waals surface area contributed by atoms with Gasteiger partial charge in [0, 0.05) is 23.9 Å². The second kappa shape index (κ2) is 8.18. The molecule has 2 aliphatic heterocycles. The van der Waals surface area contributed by atoms with Crippen molar-refractivity contribution in [3.8, 4) is 0 Å². The van der Waals surface area contributed by atoms with E-state index in [1.165, 1.54) is 32.1 Å². The average molecular weight is 397 g/mol. The van der Waals surface area contributed by atoms with Crippen LogP contribution in [0.4, 0.5) is 0 Å². The van der Waals surface area contributed by atoms with Crippen LogP contribution in [0.5, 0.6) is 0 Å². The van der Waals surface area contributed by atoms with E-state index < -0.39 is 6.10 Å². The third-order valence-corrected chi connectivity index (χ3v) is 7.44. The lowest BCUT2D eigenvalue weighted by molar-refractivity contribution is -0.130. The van der Waals surface area contributed by atoms with Crippen LogP contribution >= 0.6 is 11.6 Å². The molecule has 0 spiro atoms. The number of aliphatic hydroxyl groups excluding tert-OH is 1. The van der Waals surface area contributed by atoms with Gasteiger partial charge in [0.25, 0.3) is 0 Å². The van der Waals surface area contributed by atoms with Gasteiger partial charge in [0.15, 0.2) is 0 Å². The highest BCUT2D eigenvalue weighted by molar-refractivity contribution is 6.29. The minimum atomic E-state index is -0.551. The Balaban J connectivity index is 1.34. The van der Waals surface area contributed by atoms with Crippen LogP contribution in [0.2, 0.25) is 0 Å². The van der Waals surface area contributed by atoms with Crippen LogP contribution in [0.1, 0.15) is 64.2 Å². The van der Waals surface area contributed by atoms with Gasteiger partial charge in [0.2, 0.25) is 5.91 Å². The van der Waals surface area contributed by atoms with E-state index in [9.17, 15) is 9.90 Å². The zero-order chi connectivity index (χ0) is 19.0. The molecule has 152 valence electrons. The lowest BCUT2D eigenvalue weighted by Gasteiger charge is -2.42. The van der Waals surface area contributed by atoms with Crippen molar-refractivity contribution >= 4 is 17.5 Å². The summed E-state index contributed by atoms with van der Waals surface area (Å²) in [5, 5.41) is 21.0. The number of rotatable bonds is 4. The Bertz CT molecular complexity index is 593. The number of carbonyl (C=O) groups excluding carboxylic acids is 1. The normalized spacial score (nSPS) is 38.6. The van der Waals surface area contributed by atoms with Gasteiger partial charge in [-0.1, -0.05) is 43.7 Å². The molecule has 3 fully saturated rings. The summed E-state index contributed by atoms with van der Waals surface area (Å²) in [6.07, 6.45) is 9.97. The molecule has 0 aromatic heterocycles. The van der Waals surface area contributed by atoms with Crippen molar-refractivity contribution in [2.45, 2.75) is 88.6 Å². The maximum absolute atomic E-state index is 11.7. The van der Waals surface area contributed by atoms with Crippen molar-refractivity contribution in [2.24, 2.45) is 23.5 Å². The van der Waals surface area contributed by atoms with E-state index >= 15 is 0 Å². The fourth-order valence-corrected chi connectivity index (χ4v) is 5.94. The van der Waals surface area contributed by atoms with Gasteiger partial charge in [0.05, 0.1) is 18.2 Å². The van der Waals surface area contributed by atoms with Crippen LogP contribution in [-0.2, 0) is 4.79 Å². The first-order valence-electron chi connectivity index (χ1n) is 10.7. The van der Waals surface area contributed by atoms with Crippen molar-refractivity contribution in [2.75, 3.05) is 0 Å². The van der Waals surface area contributed by atoms with Gasteiger partial charge in [-0.15, -0.1) is 0 Å². The van der Waals surface area contributed by atoms with E-state index in [4.69, 9.17) is 17.3 Å². The Morgan fingerprint density at radius 2 is 1.89 bits per heavy atom. The molecule has 5 unspecified atom stereocenters. The molecular formula is C20H33ClN4O2. The van der Waals surface area contributed by atoms with E-state index in [1.807, 2.05) is 0 Å². The molecule has 2 heterocycles. The monoisotopic (exact) mass is 396 g/mol. The molecule has 6 N–H and O–H groups in total. The van der Waals surface area contributed by atoms with Crippen LogP contribution in [0.3, 0.4) is 0 Å². The molecule has 6 nitrogen and oxygen atoms in total. The number of fused-ring (bicyclic) bond motifs is 1. The predicted octanol–water partition coefficient (Wildman–Crippen LogP) is 1.88. The van der Waals surface area contributed by atoms with Gasteiger partial charge >= 0.3 is 0 Å². The van der Waals surface area contributed by atoms with E-state index in [0.29, 0.717) is 5.16 Å². The van der Waals surface area contributed by atoms with Crippen LogP contribution in [-0.4, -0.2) is 35.4 Å². The van der Waals surface area contributed by atoms with E-state index in [1.54, 1.807) is 0 Å². The first-order valence-corrected chi connectivity index (χ1v) is 11.0. The Morgan fingerprint density at radius 1 is 1.11 bits per heavy atom. The maximum atomic E-state index is 11.7. The second-order valence-corrected chi connectivity index (χ2v) is 9.39. The fraction of sp³-hybridized carbons (Fsp3) is 0.850. The molecule has 4 rings (SSSR count). The van der Waals surface area contributed by atoms with Crippen LogP contribution in [0, 0.1) is 17.8 Å². The molecule has 0 aromatic carbocycles. The maximum Gasteiger partial charge on any atom is 0.222 e. The summed E-state index contributed by atoms with van der Waals surface area (Å²) in [5.41, 5.74) is 7.55. The lowest BCUT2D eigenvalue weighted by atomic mass is 9.72. The number of piperidine rings is 1. The van der Waals surface area contributed by atoms with Crippen LogP contribution in [0.15, 0.2) is 10.9 Å². The highest BCUT2D eigenvalue weighted by Gasteiger charge is 2.42. The summed E-state index contributed by atoms with van der Waals surface area (Å²) in [4.78, 5) is 11.7. The molecule has 0 aromatic rings. The van der Waals surface area contributed by atoms with Crippen molar-refractivity contribution in [3.63, 3.8) is 0 Å². The SMILES string of the molecule is N[C@@H](CC1CCCCC1)C1NC(Cl)=C(C2CCC3NC(=O)CC(O)C3C2)N1. The van der Waals surface area contributed by atoms with E-state index in [-0.39, 0.29) is 42.4 Å². The number of carbonyl (C=O) groups is 1. The highest BCUT2D eigenvalue weighted by atomic mass is 35.5. The summed E-state index contributed by atoms with van der Waals surface area (Å²) < 4.78 is 0. The third-order valence-electron chi connectivity index (χ3n) is 7.13. The molecule has 27 heavy (non-hydrogen) atoms. The molecule has 0 radical (unpaired) electrons. The van der Waals surface area contributed by atoms with Crippen LogP contribution in [0.25, 0.3) is 0 Å². The number of allylic oxidation sites excluding steroid dienone is 1. The van der Waals surface area contributed by atoms with Crippen molar-refractivity contribution in [1.82, 2.24) is 16.0 Å². The summed E-state index contributed by atoms with van der Waals surface area (Å²) in [5.74, 6) is 1.09. The van der Waals surface area contributed by atoms with Gasteiger partial charge in [-0.3, -0.25) is 4.79 Å². The summed E-state index contributed by atoms with van der Waals surface area (Å²) in [7, 11) is 0. The zero-order valence-corrected chi connectivity index (χ0v) is 16.7. The Kier molecular flexibility index (Phi) is 5.86. The number of hydrogen-bond acceptors (Lipinski definition) is 5. The van der Waals surface area contributed by atoms with Crippen molar-refractivity contribution < 1.29 is 9.90 Å². The summed E-state index contributed by atoms with van der Waals surface area (Å²) >= 11 is 6.55.